The standard InChI is InChI=1S/C28H30N4O4/c1-19-5-2-3-7-25(19)31-28(36)30-23-12-8-20(9-13-23)17-26(33)32-16-4-6-24(32)18-29-22-14-10-21(11-15-22)27(34)35/h2-3,5,7-15,24,29H,4,6,16-18H2,1H3,(H,34,35)(H2,30,31,36). The van der Waals surface area contributed by atoms with Crippen molar-refractivity contribution in [1.29, 1.82) is 0 Å². The van der Waals surface area contributed by atoms with Crippen LogP contribution in [0.1, 0.15) is 34.3 Å². The molecule has 8 heteroatoms. The number of carboxylic acids is 1. The fourth-order valence-corrected chi connectivity index (χ4v) is 4.32. The summed E-state index contributed by atoms with van der Waals surface area (Å²) in [5, 5.41) is 18.0. The Bertz CT molecular complexity index is 1230. The third-order valence-corrected chi connectivity index (χ3v) is 6.33. The van der Waals surface area contributed by atoms with Crippen molar-refractivity contribution in [1.82, 2.24) is 4.90 Å². The quantitative estimate of drug-likeness (QED) is 0.359. The number of aromatic carboxylic acids is 1. The van der Waals surface area contributed by atoms with E-state index >= 15 is 0 Å². The van der Waals surface area contributed by atoms with Crippen LogP contribution in [0.4, 0.5) is 21.9 Å². The van der Waals surface area contributed by atoms with Crippen molar-refractivity contribution < 1.29 is 19.5 Å². The number of nitrogens with one attached hydrogen (secondary N) is 3. The number of para-hydroxylation sites is 1. The molecule has 0 spiro atoms. The Kier molecular flexibility index (Phi) is 7.85. The Balaban J connectivity index is 1.27. The Hall–Kier alpha value is -4.33. The summed E-state index contributed by atoms with van der Waals surface area (Å²) in [6, 6.07) is 21.2. The number of hydrogen-bond donors (Lipinski definition) is 4. The highest BCUT2D eigenvalue weighted by Crippen LogP contribution is 2.21. The highest BCUT2D eigenvalue weighted by atomic mass is 16.4. The Labute approximate surface area is 210 Å². The molecule has 3 aromatic carbocycles. The Morgan fingerprint density at radius 3 is 2.31 bits per heavy atom. The normalized spacial score (nSPS) is 14.8. The first kappa shape index (κ1) is 24.8. The van der Waals surface area contributed by atoms with Crippen LogP contribution in [-0.4, -0.2) is 47.0 Å². The first-order valence-corrected chi connectivity index (χ1v) is 12.0. The van der Waals surface area contributed by atoms with E-state index in [1.165, 1.54) is 0 Å². The molecule has 1 atom stereocenters. The maximum Gasteiger partial charge on any atom is 0.335 e. The number of amides is 3. The highest BCUT2D eigenvalue weighted by molar-refractivity contribution is 6.00. The van der Waals surface area contributed by atoms with Crippen molar-refractivity contribution >= 4 is 35.0 Å². The van der Waals surface area contributed by atoms with Crippen LogP contribution in [0.2, 0.25) is 0 Å². The lowest BCUT2D eigenvalue weighted by atomic mass is 10.1. The average molecular weight is 487 g/mol. The van der Waals surface area contributed by atoms with Crippen molar-refractivity contribution in [2.24, 2.45) is 0 Å². The van der Waals surface area contributed by atoms with Crippen molar-refractivity contribution in [2.75, 3.05) is 29.0 Å². The number of aryl methyl sites for hydroxylation is 1. The van der Waals surface area contributed by atoms with Crippen LogP contribution in [0.5, 0.6) is 0 Å². The Morgan fingerprint density at radius 2 is 1.61 bits per heavy atom. The van der Waals surface area contributed by atoms with Gasteiger partial charge in [0.25, 0.3) is 0 Å². The van der Waals surface area contributed by atoms with E-state index in [1.807, 2.05) is 48.2 Å². The number of nitrogens with zero attached hydrogens (tertiary/aromatic N) is 1. The molecule has 0 aliphatic carbocycles. The molecule has 3 amide bonds. The van der Waals surface area contributed by atoms with Crippen LogP contribution in [0, 0.1) is 6.92 Å². The molecule has 0 radical (unpaired) electrons. The molecule has 0 saturated carbocycles. The van der Waals surface area contributed by atoms with Gasteiger partial charge in [-0.3, -0.25) is 4.79 Å². The lowest BCUT2D eigenvalue weighted by Crippen LogP contribution is -2.40. The fraction of sp³-hybridized carbons (Fsp3) is 0.250. The third-order valence-electron chi connectivity index (χ3n) is 6.33. The fourth-order valence-electron chi connectivity index (χ4n) is 4.32. The number of carbonyl (C=O) groups excluding carboxylic acids is 2. The van der Waals surface area contributed by atoms with E-state index in [0.29, 0.717) is 18.7 Å². The average Bonchev–Trinajstić information content (AvgIpc) is 3.34. The molecule has 4 N–H and O–H groups in total. The summed E-state index contributed by atoms with van der Waals surface area (Å²) in [4.78, 5) is 38.2. The second-order valence-corrected chi connectivity index (χ2v) is 8.91. The van der Waals surface area contributed by atoms with E-state index in [4.69, 9.17) is 5.11 Å². The van der Waals surface area contributed by atoms with Gasteiger partial charge in [0.1, 0.15) is 0 Å². The van der Waals surface area contributed by atoms with Crippen LogP contribution < -0.4 is 16.0 Å². The van der Waals surface area contributed by atoms with Crippen LogP contribution in [-0.2, 0) is 11.2 Å². The molecule has 1 saturated heterocycles. The molecule has 186 valence electrons. The molecular formula is C28H30N4O4. The lowest BCUT2D eigenvalue weighted by Gasteiger charge is -2.25. The maximum atomic E-state index is 13.0. The molecule has 8 nitrogen and oxygen atoms in total. The van der Waals surface area contributed by atoms with Gasteiger partial charge >= 0.3 is 12.0 Å². The topological polar surface area (TPSA) is 111 Å². The van der Waals surface area contributed by atoms with Gasteiger partial charge in [-0.25, -0.2) is 9.59 Å². The van der Waals surface area contributed by atoms with Crippen molar-refractivity contribution in [3.63, 3.8) is 0 Å². The molecular weight excluding hydrogens is 456 g/mol. The summed E-state index contributed by atoms with van der Waals surface area (Å²) in [6.07, 6.45) is 2.17. The van der Waals surface area contributed by atoms with Crippen LogP contribution >= 0.6 is 0 Å². The summed E-state index contributed by atoms with van der Waals surface area (Å²) in [5.74, 6) is -0.887. The number of urea groups is 1. The minimum atomic E-state index is -0.955. The highest BCUT2D eigenvalue weighted by Gasteiger charge is 2.28. The number of hydrogen-bond acceptors (Lipinski definition) is 4. The number of anilines is 3. The molecule has 1 aliphatic heterocycles. The molecule has 1 heterocycles. The Morgan fingerprint density at radius 1 is 0.917 bits per heavy atom. The zero-order valence-corrected chi connectivity index (χ0v) is 20.2. The predicted molar refractivity (Wildman–Crippen MR) is 141 cm³/mol. The number of likely N-dealkylation sites (tertiary alicyclic amines) is 1. The summed E-state index contributed by atoms with van der Waals surface area (Å²) < 4.78 is 0. The molecule has 0 bridgehead atoms. The molecule has 36 heavy (non-hydrogen) atoms. The largest absolute Gasteiger partial charge is 0.478 e. The molecule has 0 aromatic heterocycles. The van der Waals surface area contributed by atoms with Gasteiger partial charge in [0.15, 0.2) is 0 Å². The predicted octanol–water partition coefficient (Wildman–Crippen LogP) is 4.98. The van der Waals surface area contributed by atoms with E-state index in [1.54, 1.807) is 36.4 Å². The number of benzene rings is 3. The van der Waals surface area contributed by atoms with Crippen molar-refractivity contribution in [3.05, 3.63) is 89.5 Å². The van der Waals surface area contributed by atoms with Crippen LogP contribution in [0.25, 0.3) is 0 Å². The summed E-state index contributed by atoms with van der Waals surface area (Å²) in [7, 11) is 0. The monoisotopic (exact) mass is 486 g/mol. The van der Waals surface area contributed by atoms with Gasteiger partial charge < -0.3 is 26.0 Å². The smallest absolute Gasteiger partial charge is 0.335 e. The van der Waals surface area contributed by atoms with Gasteiger partial charge in [0, 0.05) is 36.2 Å². The summed E-state index contributed by atoms with van der Waals surface area (Å²) in [6.45, 7) is 3.26. The van der Waals surface area contributed by atoms with Gasteiger partial charge in [-0.15, -0.1) is 0 Å². The van der Waals surface area contributed by atoms with Crippen molar-refractivity contribution in [2.45, 2.75) is 32.2 Å². The molecule has 1 aliphatic rings. The minimum absolute atomic E-state index is 0.0681. The first-order chi connectivity index (χ1) is 17.4. The first-order valence-electron chi connectivity index (χ1n) is 12.0. The zero-order valence-electron chi connectivity index (χ0n) is 20.2. The molecule has 3 aromatic rings. The van der Waals surface area contributed by atoms with E-state index in [9.17, 15) is 14.4 Å². The maximum absolute atomic E-state index is 13.0. The van der Waals surface area contributed by atoms with E-state index < -0.39 is 5.97 Å². The second-order valence-electron chi connectivity index (χ2n) is 8.91. The lowest BCUT2D eigenvalue weighted by molar-refractivity contribution is -0.131. The molecule has 1 fully saturated rings. The summed E-state index contributed by atoms with van der Waals surface area (Å²) >= 11 is 0. The van der Waals surface area contributed by atoms with E-state index in [-0.39, 0.29) is 23.5 Å². The second kappa shape index (κ2) is 11.4. The molecule has 1 unspecified atom stereocenters. The van der Waals surface area contributed by atoms with Gasteiger partial charge in [-0.2, -0.15) is 0 Å². The van der Waals surface area contributed by atoms with Crippen molar-refractivity contribution in [3.8, 4) is 0 Å². The van der Waals surface area contributed by atoms with E-state index in [0.717, 1.165) is 41.9 Å². The number of carbonyl (C=O) groups is 3. The SMILES string of the molecule is Cc1ccccc1NC(=O)Nc1ccc(CC(=O)N2CCCC2CNc2ccc(C(=O)O)cc2)cc1. The van der Waals surface area contributed by atoms with Crippen LogP contribution in [0.15, 0.2) is 72.8 Å². The summed E-state index contributed by atoms with van der Waals surface area (Å²) in [5.41, 5.74) is 4.33. The minimum Gasteiger partial charge on any atom is -0.478 e. The van der Waals surface area contributed by atoms with Gasteiger partial charge in [0.2, 0.25) is 5.91 Å². The number of rotatable bonds is 8. The third kappa shape index (κ3) is 6.41. The van der Waals surface area contributed by atoms with Gasteiger partial charge in [-0.05, 0) is 73.4 Å². The van der Waals surface area contributed by atoms with Gasteiger partial charge in [0.05, 0.1) is 12.0 Å². The van der Waals surface area contributed by atoms with E-state index in [2.05, 4.69) is 16.0 Å². The zero-order chi connectivity index (χ0) is 25.5. The van der Waals surface area contributed by atoms with Gasteiger partial charge in [-0.1, -0.05) is 30.3 Å². The van der Waals surface area contributed by atoms with Crippen LogP contribution in [0.3, 0.4) is 0 Å². The number of carboxylic acid groups (broad SMARTS) is 1. The molecule has 4 rings (SSSR count).